The molecule has 1 saturated heterocycles. The number of carbonyl (C=O) groups excluding carboxylic acids is 1. The Morgan fingerprint density at radius 2 is 2.10 bits per heavy atom. The number of nitrogens with zero attached hydrogens (tertiary/aromatic N) is 2. The highest BCUT2D eigenvalue weighted by Gasteiger charge is 2.34. The summed E-state index contributed by atoms with van der Waals surface area (Å²) in [4.78, 5) is 17.9. The molecule has 3 heterocycles. The fourth-order valence-corrected chi connectivity index (χ4v) is 4.15. The Balaban J connectivity index is 0.00000240. The number of carbonyl (C=O) groups is 1. The number of aromatic nitrogens is 2. The van der Waals surface area contributed by atoms with Crippen LogP contribution in [0, 0.1) is 5.41 Å². The van der Waals surface area contributed by atoms with Crippen molar-refractivity contribution in [1.29, 1.82) is 0 Å². The number of halogens is 1. The van der Waals surface area contributed by atoms with Gasteiger partial charge in [0.25, 0.3) is 11.6 Å². The van der Waals surface area contributed by atoms with Gasteiger partial charge in [0.1, 0.15) is 0 Å². The van der Waals surface area contributed by atoms with Crippen molar-refractivity contribution >= 4 is 29.4 Å². The van der Waals surface area contributed by atoms with Gasteiger partial charge in [0, 0.05) is 30.7 Å². The normalized spacial score (nSPS) is 18.6. The highest BCUT2D eigenvalue weighted by molar-refractivity contribution is 6.06. The number of pyridine rings is 1. The highest BCUT2D eigenvalue weighted by atomic mass is 35.5. The van der Waals surface area contributed by atoms with Crippen LogP contribution in [-0.4, -0.2) is 49.4 Å². The molecule has 0 unspecified atom stereocenters. The van der Waals surface area contributed by atoms with Crippen LogP contribution in [0.15, 0.2) is 10.6 Å². The predicted octanol–water partition coefficient (Wildman–Crippen LogP) is 3.39. The zero-order valence-electron chi connectivity index (χ0n) is 17.4. The summed E-state index contributed by atoms with van der Waals surface area (Å²) < 4.78 is 11.0. The summed E-state index contributed by atoms with van der Waals surface area (Å²) in [5, 5.41) is 11.5. The molecular weight excluding hydrogens is 392 g/mol. The van der Waals surface area contributed by atoms with E-state index in [1.807, 2.05) is 6.07 Å². The van der Waals surface area contributed by atoms with E-state index in [9.17, 15) is 4.79 Å². The first kappa shape index (κ1) is 22.0. The van der Waals surface area contributed by atoms with Crippen molar-refractivity contribution in [3.63, 3.8) is 0 Å². The maximum absolute atomic E-state index is 13.3. The van der Waals surface area contributed by atoms with Crippen LogP contribution in [0.3, 0.4) is 0 Å². The molecule has 2 aromatic heterocycles. The molecule has 1 aliphatic carbocycles. The van der Waals surface area contributed by atoms with E-state index in [4.69, 9.17) is 9.26 Å². The van der Waals surface area contributed by atoms with Gasteiger partial charge in [-0.05, 0) is 50.8 Å². The van der Waals surface area contributed by atoms with Crippen LogP contribution in [0.1, 0.15) is 73.1 Å². The summed E-state index contributed by atoms with van der Waals surface area (Å²) in [7, 11) is 1.73. The van der Waals surface area contributed by atoms with E-state index < -0.39 is 0 Å². The maximum atomic E-state index is 13.3. The lowest BCUT2D eigenvalue weighted by Gasteiger charge is -2.37. The van der Waals surface area contributed by atoms with Crippen molar-refractivity contribution in [3.05, 3.63) is 23.0 Å². The molecule has 2 aromatic rings. The molecule has 0 radical (unpaired) electrons. The molecule has 7 nitrogen and oxygen atoms in total. The van der Waals surface area contributed by atoms with Gasteiger partial charge in [-0.3, -0.25) is 4.79 Å². The average Bonchev–Trinajstić information content (AvgIpc) is 3.45. The Morgan fingerprint density at radius 1 is 1.38 bits per heavy atom. The number of hydrogen-bond donors (Lipinski definition) is 2. The first-order chi connectivity index (χ1) is 13.5. The van der Waals surface area contributed by atoms with Crippen LogP contribution >= 0.6 is 12.4 Å². The highest BCUT2D eigenvalue weighted by Crippen LogP contribution is 2.41. The molecule has 1 saturated carbocycles. The predicted molar refractivity (Wildman–Crippen MR) is 114 cm³/mol. The lowest BCUT2D eigenvalue weighted by Crippen LogP contribution is -2.47. The summed E-state index contributed by atoms with van der Waals surface area (Å²) in [5.41, 5.74) is 2.84. The second-order valence-corrected chi connectivity index (χ2v) is 8.64. The summed E-state index contributed by atoms with van der Waals surface area (Å²) in [5.74, 6) is 0.520. The van der Waals surface area contributed by atoms with E-state index in [0.717, 1.165) is 55.5 Å². The van der Waals surface area contributed by atoms with Gasteiger partial charge < -0.3 is 19.9 Å². The van der Waals surface area contributed by atoms with Gasteiger partial charge in [-0.1, -0.05) is 19.0 Å². The quantitative estimate of drug-likeness (QED) is 0.710. The van der Waals surface area contributed by atoms with Crippen LogP contribution in [0.2, 0.25) is 0 Å². The molecule has 8 heteroatoms. The Labute approximate surface area is 177 Å². The second-order valence-electron chi connectivity index (χ2n) is 8.64. The van der Waals surface area contributed by atoms with Crippen LogP contribution in [0.4, 0.5) is 0 Å². The third-order valence-electron chi connectivity index (χ3n) is 6.02. The number of fused-ring (bicyclic) bond motifs is 1. The minimum atomic E-state index is -0.0755. The van der Waals surface area contributed by atoms with Crippen molar-refractivity contribution in [2.75, 3.05) is 33.4 Å². The van der Waals surface area contributed by atoms with E-state index in [1.54, 1.807) is 7.11 Å². The van der Waals surface area contributed by atoms with Crippen LogP contribution in [-0.2, 0) is 4.74 Å². The number of piperidine rings is 1. The van der Waals surface area contributed by atoms with Gasteiger partial charge in [-0.25, -0.2) is 4.98 Å². The van der Waals surface area contributed by atoms with Crippen molar-refractivity contribution in [2.45, 2.75) is 51.4 Å². The molecule has 1 aliphatic heterocycles. The number of nitrogens with one attached hydrogen (secondary N) is 2. The third kappa shape index (κ3) is 4.57. The molecule has 2 aliphatic rings. The zero-order chi connectivity index (χ0) is 19.7. The Morgan fingerprint density at radius 3 is 2.72 bits per heavy atom. The Kier molecular flexibility index (Phi) is 6.81. The second kappa shape index (κ2) is 8.98. The third-order valence-corrected chi connectivity index (χ3v) is 6.02. The lowest BCUT2D eigenvalue weighted by molar-refractivity contribution is 0.0512. The maximum Gasteiger partial charge on any atom is 0.259 e. The van der Waals surface area contributed by atoms with E-state index in [1.165, 1.54) is 0 Å². The molecular formula is C21H31ClN4O3. The first-order valence-electron chi connectivity index (χ1n) is 10.3. The number of methoxy groups -OCH3 is 1. The van der Waals surface area contributed by atoms with E-state index >= 15 is 0 Å². The standard InChI is InChI=1S/C21H30N4O3.ClH/c1-13(2)18-17-15(10-16(14-4-5-14)24-20(17)28-25-18)19(26)23-11-21(12-27-3)6-8-22-9-7-21;/h10,13-14,22H,4-9,11-12H2,1-3H3,(H,23,26);1H. The number of hydrogen-bond acceptors (Lipinski definition) is 6. The first-order valence-corrected chi connectivity index (χ1v) is 10.3. The number of amides is 1. The molecule has 29 heavy (non-hydrogen) atoms. The van der Waals surface area contributed by atoms with E-state index in [2.05, 4.69) is 34.6 Å². The van der Waals surface area contributed by atoms with E-state index in [-0.39, 0.29) is 29.6 Å². The fraction of sp³-hybridized carbons (Fsp3) is 0.667. The van der Waals surface area contributed by atoms with Crippen LogP contribution in [0.25, 0.3) is 11.1 Å². The zero-order valence-corrected chi connectivity index (χ0v) is 18.2. The van der Waals surface area contributed by atoms with Crippen LogP contribution in [0.5, 0.6) is 0 Å². The van der Waals surface area contributed by atoms with Crippen molar-refractivity contribution < 1.29 is 14.1 Å². The summed E-state index contributed by atoms with van der Waals surface area (Å²) in [6, 6.07) is 1.95. The van der Waals surface area contributed by atoms with Crippen molar-refractivity contribution in [1.82, 2.24) is 20.8 Å². The summed E-state index contributed by atoms with van der Waals surface area (Å²) in [6.07, 6.45) is 4.22. The van der Waals surface area contributed by atoms with Gasteiger partial charge in [0.2, 0.25) is 0 Å². The molecule has 2 fully saturated rings. The molecule has 2 N–H and O–H groups in total. The smallest absolute Gasteiger partial charge is 0.259 e. The molecule has 0 atom stereocenters. The molecule has 0 spiro atoms. The van der Waals surface area contributed by atoms with Crippen molar-refractivity contribution in [3.8, 4) is 0 Å². The number of rotatable bonds is 7. The van der Waals surface area contributed by atoms with E-state index in [0.29, 0.717) is 30.3 Å². The fourth-order valence-electron chi connectivity index (χ4n) is 4.15. The Hall–Kier alpha value is -1.70. The molecule has 1 amide bonds. The average molecular weight is 423 g/mol. The van der Waals surface area contributed by atoms with Gasteiger partial charge >= 0.3 is 0 Å². The van der Waals surface area contributed by atoms with Gasteiger partial charge in [-0.2, -0.15) is 0 Å². The lowest BCUT2D eigenvalue weighted by atomic mass is 9.79. The minimum Gasteiger partial charge on any atom is -0.384 e. The monoisotopic (exact) mass is 422 g/mol. The molecule has 4 rings (SSSR count). The van der Waals surface area contributed by atoms with Crippen LogP contribution < -0.4 is 10.6 Å². The molecule has 0 bridgehead atoms. The Bertz CT molecular complexity index is 851. The van der Waals surface area contributed by atoms with Crippen molar-refractivity contribution in [2.24, 2.45) is 5.41 Å². The van der Waals surface area contributed by atoms with Gasteiger partial charge in [-0.15, -0.1) is 12.4 Å². The summed E-state index contributed by atoms with van der Waals surface area (Å²) >= 11 is 0. The van der Waals surface area contributed by atoms with Gasteiger partial charge in [0.05, 0.1) is 23.3 Å². The SMILES string of the molecule is COCC1(CNC(=O)c2cc(C3CC3)nc3onc(C(C)C)c23)CCNCC1.Cl. The number of ether oxygens (including phenoxy) is 1. The molecule has 160 valence electrons. The minimum absolute atomic E-state index is 0. The molecule has 0 aromatic carbocycles. The largest absolute Gasteiger partial charge is 0.384 e. The topological polar surface area (TPSA) is 89.3 Å². The van der Waals surface area contributed by atoms with Gasteiger partial charge in [0.15, 0.2) is 0 Å². The summed E-state index contributed by atoms with van der Waals surface area (Å²) in [6.45, 7) is 7.26.